The highest BCUT2D eigenvalue weighted by Crippen LogP contribution is 2.25. The van der Waals surface area contributed by atoms with Crippen molar-refractivity contribution in [3.63, 3.8) is 0 Å². The third-order valence-electron chi connectivity index (χ3n) is 3.45. The SMILES string of the molecule is NCc1nc(-c2ccc(CN3CCOCC3)c(Cl)c2)no1. The van der Waals surface area contributed by atoms with Crippen molar-refractivity contribution in [1.29, 1.82) is 0 Å². The predicted octanol–water partition coefficient (Wildman–Crippen LogP) is 1.68. The van der Waals surface area contributed by atoms with Crippen molar-refractivity contribution in [1.82, 2.24) is 15.0 Å². The van der Waals surface area contributed by atoms with Gasteiger partial charge in [0.2, 0.25) is 11.7 Å². The van der Waals surface area contributed by atoms with E-state index in [-0.39, 0.29) is 6.54 Å². The third-order valence-corrected chi connectivity index (χ3v) is 3.80. The summed E-state index contributed by atoms with van der Waals surface area (Å²) < 4.78 is 10.4. The second-order valence-electron chi connectivity index (χ2n) is 4.91. The van der Waals surface area contributed by atoms with Crippen LogP contribution in [-0.2, 0) is 17.8 Å². The highest BCUT2D eigenvalue weighted by Gasteiger charge is 2.14. The number of nitrogens with two attached hydrogens (primary N) is 1. The fraction of sp³-hybridized carbons (Fsp3) is 0.429. The smallest absolute Gasteiger partial charge is 0.240 e. The Balaban J connectivity index is 1.75. The van der Waals surface area contributed by atoms with Gasteiger partial charge >= 0.3 is 0 Å². The number of morpholine rings is 1. The minimum absolute atomic E-state index is 0.232. The van der Waals surface area contributed by atoms with Crippen molar-refractivity contribution >= 4 is 11.6 Å². The maximum Gasteiger partial charge on any atom is 0.240 e. The molecule has 3 rings (SSSR count). The Morgan fingerprint density at radius 2 is 2.10 bits per heavy atom. The van der Waals surface area contributed by atoms with Crippen molar-refractivity contribution in [2.24, 2.45) is 5.73 Å². The molecular formula is C14H17ClN4O2. The second-order valence-corrected chi connectivity index (χ2v) is 5.32. The summed E-state index contributed by atoms with van der Waals surface area (Å²) in [4.78, 5) is 6.52. The van der Waals surface area contributed by atoms with E-state index >= 15 is 0 Å². The average Bonchev–Trinajstić information content (AvgIpc) is 2.99. The lowest BCUT2D eigenvalue weighted by atomic mass is 10.1. The molecule has 0 aliphatic carbocycles. The molecule has 1 fully saturated rings. The molecule has 7 heteroatoms. The van der Waals surface area contributed by atoms with Crippen LogP contribution in [-0.4, -0.2) is 41.3 Å². The van der Waals surface area contributed by atoms with Crippen LogP contribution in [0.5, 0.6) is 0 Å². The van der Waals surface area contributed by atoms with E-state index in [1.807, 2.05) is 18.2 Å². The number of hydrogen-bond acceptors (Lipinski definition) is 6. The summed E-state index contributed by atoms with van der Waals surface area (Å²) in [5, 5.41) is 4.60. The number of benzene rings is 1. The van der Waals surface area contributed by atoms with E-state index in [4.69, 9.17) is 26.6 Å². The zero-order chi connectivity index (χ0) is 14.7. The lowest BCUT2D eigenvalue weighted by Crippen LogP contribution is -2.35. The molecular weight excluding hydrogens is 292 g/mol. The number of halogens is 1. The molecule has 112 valence electrons. The van der Waals surface area contributed by atoms with Crippen LogP contribution in [0.4, 0.5) is 0 Å². The van der Waals surface area contributed by atoms with Crippen LogP contribution in [0, 0.1) is 0 Å². The van der Waals surface area contributed by atoms with Gasteiger partial charge in [-0.05, 0) is 11.6 Å². The van der Waals surface area contributed by atoms with Gasteiger partial charge in [0, 0.05) is 30.2 Å². The molecule has 2 N–H and O–H groups in total. The Kier molecular flexibility index (Phi) is 4.50. The van der Waals surface area contributed by atoms with Gasteiger partial charge in [0.15, 0.2) is 0 Å². The van der Waals surface area contributed by atoms with Gasteiger partial charge in [-0.2, -0.15) is 4.98 Å². The van der Waals surface area contributed by atoms with Gasteiger partial charge in [-0.25, -0.2) is 0 Å². The molecule has 1 saturated heterocycles. The van der Waals surface area contributed by atoms with Gasteiger partial charge in [-0.3, -0.25) is 4.90 Å². The standard InChI is InChI=1S/C14H17ClN4O2/c15-12-7-10(14-17-13(8-16)21-18-14)1-2-11(12)9-19-3-5-20-6-4-19/h1-2,7H,3-6,8-9,16H2. The van der Waals surface area contributed by atoms with Crippen LogP contribution in [0.25, 0.3) is 11.4 Å². The van der Waals surface area contributed by atoms with Crippen molar-refractivity contribution in [3.8, 4) is 11.4 Å². The van der Waals surface area contributed by atoms with Crippen LogP contribution in [0.2, 0.25) is 5.02 Å². The lowest BCUT2D eigenvalue weighted by Gasteiger charge is -2.26. The number of ether oxygens (including phenoxy) is 1. The highest BCUT2D eigenvalue weighted by molar-refractivity contribution is 6.31. The quantitative estimate of drug-likeness (QED) is 0.926. The predicted molar refractivity (Wildman–Crippen MR) is 78.7 cm³/mol. The summed E-state index contributed by atoms with van der Waals surface area (Å²) in [6, 6.07) is 5.82. The number of hydrogen-bond donors (Lipinski definition) is 1. The first-order valence-corrected chi connectivity index (χ1v) is 7.25. The molecule has 0 atom stereocenters. The van der Waals surface area contributed by atoms with Crippen molar-refractivity contribution < 1.29 is 9.26 Å². The van der Waals surface area contributed by atoms with E-state index < -0.39 is 0 Å². The Morgan fingerprint density at radius 3 is 2.76 bits per heavy atom. The van der Waals surface area contributed by atoms with Crippen LogP contribution < -0.4 is 5.73 Å². The van der Waals surface area contributed by atoms with Gasteiger partial charge < -0.3 is 15.0 Å². The first-order valence-electron chi connectivity index (χ1n) is 6.88. The van der Waals surface area contributed by atoms with Gasteiger partial charge in [0.05, 0.1) is 19.8 Å². The van der Waals surface area contributed by atoms with E-state index in [9.17, 15) is 0 Å². The second kappa shape index (κ2) is 6.53. The fourth-order valence-corrected chi connectivity index (χ4v) is 2.51. The van der Waals surface area contributed by atoms with Crippen LogP contribution >= 0.6 is 11.6 Å². The number of nitrogens with zero attached hydrogens (tertiary/aromatic N) is 3. The normalized spacial score (nSPS) is 16.3. The molecule has 6 nitrogen and oxygen atoms in total. The molecule has 0 bridgehead atoms. The topological polar surface area (TPSA) is 77.4 Å². The molecule has 0 amide bonds. The zero-order valence-corrected chi connectivity index (χ0v) is 12.3. The highest BCUT2D eigenvalue weighted by atomic mass is 35.5. The van der Waals surface area contributed by atoms with Crippen molar-refractivity contribution in [3.05, 3.63) is 34.7 Å². The Bertz CT molecular complexity index is 611. The monoisotopic (exact) mass is 308 g/mol. The maximum atomic E-state index is 6.37. The molecule has 0 saturated carbocycles. The largest absolute Gasteiger partial charge is 0.379 e. The Labute approximate surface area is 127 Å². The van der Waals surface area contributed by atoms with E-state index in [1.165, 1.54) is 0 Å². The summed E-state index contributed by atoms with van der Waals surface area (Å²) in [6.45, 7) is 4.48. The average molecular weight is 309 g/mol. The van der Waals surface area contributed by atoms with Gasteiger partial charge in [-0.15, -0.1) is 0 Å². The molecule has 2 aromatic rings. The summed E-state index contributed by atoms with van der Waals surface area (Å²) in [5.74, 6) is 0.925. The molecule has 21 heavy (non-hydrogen) atoms. The van der Waals surface area contributed by atoms with Gasteiger partial charge in [0.1, 0.15) is 0 Å². The molecule has 2 heterocycles. The van der Waals surface area contributed by atoms with Gasteiger partial charge in [-0.1, -0.05) is 28.9 Å². The van der Waals surface area contributed by atoms with Crippen LogP contribution in [0.3, 0.4) is 0 Å². The zero-order valence-electron chi connectivity index (χ0n) is 11.6. The van der Waals surface area contributed by atoms with Gasteiger partial charge in [0.25, 0.3) is 0 Å². The molecule has 1 aromatic heterocycles. The first-order chi connectivity index (χ1) is 10.3. The van der Waals surface area contributed by atoms with Crippen LogP contribution in [0.1, 0.15) is 11.5 Å². The molecule has 1 aromatic carbocycles. The van der Waals surface area contributed by atoms with Crippen LogP contribution in [0.15, 0.2) is 22.7 Å². The summed E-state index contributed by atoms with van der Waals surface area (Å²) in [6.07, 6.45) is 0. The fourth-order valence-electron chi connectivity index (χ4n) is 2.27. The van der Waals surface area contributed by atoms with E-state index in [2.05, 4.69) is 15.0 Å². The summed E-state index contributed by atoms with van der Waals surface area (Å²) in [5.41, 5.74) is 7.38. The molecule has 0 spiro atoms. The Hall–Kier alpha value is -1.47. The molecule has 0 radical (unpaired) electrons. The summed E-state index contributed by atoms with van der Waals surface area (Å²) in [7, 11) is 0. The van der Waals surface area contributed by atoms with Crippen molar-refractivity contribution in [2.45, 2.75) is 13.1 Å². The maximum absolute atomic E-state index is 6.37. The Morgan fingerprint density at radius 1 is 1.29 bits per heavy atom. The molecule has 0 unspecified atom stereocenters. The molecule has 1 aliphatic heterocycles. The lowest BCUT2D eigenvalue weighted by molar-refractivity contribution is 0.0342. The minimum atomic E-state index is 0.232. The first kappa shape index (κ1) is 14.5. The van der Waals surface area contributed by atoms with E-state index in [0.29, 0.717) is 16.7 Å². The van der Waals surface area contributed by atoms with Crippen molar-refractivity contribution in [2.75, 3.05) is 26.3 Å². The summed E-state index contributed by atoms with van der Waals surface area (Å²) >= 11 is 6.37. The minimum Gasteiger partial charge on any atom is -0.379 e. The third kappa shape index (κ3) is 3.41. The molecule has 1 aliphatic rings. The van der Waals surface area contributed by atoms with E-state index in [1.54, 1.807) is 0 Å². The number of rotatable bonds is 4. The van der Waals surface area contributed by atoms with E-state index in [0.717, 1.165) is 44.0 Å². The number of aromatic nitrogens is 2.